The lowest BCUT2D eigenvalue weighted by atomic mass is 10.1. The highest BCUT2D eigenvalue weighted by atomic mass is 16.1. The number of carbonyl (C=O) groups is 1. The molecule has 0 aliphatic carbocycles. The maximum atomic E-state index is 11.9. The van der Waals surface area contributed by atoms with Crippen LogP contribution < -0.4 is 10.6 Å². The van der Waals surface area contributed by atoms with Gasteiger partial charge in [0.05, 0.1) is 5.92 Å². The zero-order valence-electron chi connectivity index (χ0n) is 9.84. The molecule has 1 aliphatic heterocycles. The lowest BCUT2D eigenvalue weighted by molar-refractivity contribution is -0.119. The molecule has 3 nitrogen and oxygen atoms in total. The van der Waals surface area contributed by atoms with Crippen molar-refractivity contribution in [1.82, 2.24) is 5.32 Å². The summed E-state index contributed by atoms with van der Waals surface area (Å²) in [4.78, 5) is 11.9. The van der Waals surface area contributed by atoms with Crippen molar-refractivity contribution < 1.29 is 4.79 Å². The molecule has 16 heavy (non-hydrogen) atoms. The van der Waals surface area contributed by atoms with Gasteiger partial charge in [-0.2, -0.15) is 0 Å². The van der Waals surface area contributed by atoms with Gasteiger partial charge in [0.25, 0.3) is 0 Å². The second-order valence-electron chi connectivity index (χ2n) is 4.50. The van der Waals surface area contributed by atoms with Crippen LogP contribution in [0, 0.1) is 19.8 Å². The fourth-order valence-electron chi connectivity index (χ4n) is 1.98. The molecule has 1 heterocycles. The van der Waals surface area contributed by atoms with Crippen LogP contribution in [0.1, 0.15) is 17.5 Å². The Hall–Kier alpha value is -1.35. The molecule has 3 heteroatoms. The summed E-state index contributed by atoms with van der Waals surface area (Å²) in [6.45, 7) is 5.80. The third kappa shape index (κ3) is 2.42. The first-order chi connectivity index (χ1) is 7.66. The number of hydrogen-bond donors (Lipinski definition) is 2. The van der Waals surface area contributed by atoms with Crippen LogP contribution in [0.5, 0.6) is 0 Å². The van der Waals surface area contributed by atoms with Crippen molar-refractivity contribution in [2.24, 2.45) is 5.92 Å². The molecule has 1 fully saturated rings. The van der Waals surface area contributed by atoms with Gasteiger partial charge >= 0.3 is 0 Å². The summed E-state index contributed by atoms with van der Waals surface area (Å²) < 4.78 is 0. The average molecular weight is 218 g/mol. The van der Waals surface area contributed by atoms with Crippen molar-refractivity contribution in [3.05, 3.63) is 29.3 Å². The van der Waals surface area contributed by atoms with Gasteiger partial charge in [0.1, 0.15) is 0 Å². The zero-order valence-corrected chi connectivity index (χ0v) is 9.84. The molecule has 2 rings (SSSR count). The van der Waals surface area contributed by atoms with E-state index in [9.17, 15) is 4.79 Å². The second kappa shape index (κ2) is 4.66. The summed E-state index contributed by atoms with van der Waals surface area (Å²) >= 11 is 0. The average Bonchev–Trinajstić information content (AvgIpc) is 2.76. The van der Waals surface area contributed by atoms with E-state index in [4.69, 9.17) is 0 Å². The van der Waals surface area contributed by atoms with Gasteiger partial charge in [0.15, 0.2) is 0 Å². The molecule has 1 aliphatic rings. The Balaban J connectivity index is 2.07. The third-order valence-corrected chi connectivity index (χ3v) is 3.08. The first-order valence-corrected chi connectivity index (χ1v) is 5.75. The number of carbonyl (C=O) groups excluding carboxylic acids is 1. The Morgan fingerprint density at radius 3 is 2.94 bits per heavy atom. The Bertz CT molecular complexity index is 395. The van der Waals surface area contributed by atoms with E-state index in [0.29, 0.717) is 0 Å². The standard InChI is InChI=1S/C13H18N2O/c1-9-3-4-10(2)12(7-9)15-13(16)11-5-6-14-8-11/h3-4,7,11,14H,5-6,8H2,1-2H3,(H,15,16). The topological polar surface area (TPSA) is 41.1 Å². The van der Waals surface area contributed by atoms with Gasteiger partial charge in [-0.25, -0.2) is 0 Å². The van der Waals surface area contributed by atoms with Gasteiger partial charge in [0, 0.05) is 12.2 Å². The van der Waals surface area contributed by atoms with Gasteiger partial charge in [-0.05, 0) is 44.0 Å². The molecule has 1 aromatic rings. The first-order valence-electron chi connectivity index (χ1n) is 5.75. The minimum atomic E-state index is 0.125. The van der Waals surface area contributed by atoms with E-state index in [0.717, 1.165) is 30.8 Å². The second-order valence-corrected chi connectivity index (χ2v) is 4.50. The molecule has 1 unspecified atom stereocenters. The van der Waals surface area contributed by atoms with E-state index in [-0.39, 0.29) is 11.8 Å². The van der Waals surface area contributed by atoms with Crippen LogP contribution in [-0.4, -0.2) is 19.0 Å². The fraction of sp³-hybridized carbons (Fsp3) is 0.462. The van der Waals surface area contributed by atoms with E-state index in [1.165, 1.54) is 5.56 Å². The van der Waals surface area contributed by atoms with Crippen LogP contribution in [0.3, 0.4) is 0 Å². The smallest absolute Gasteiger partial charge is 0.228 e. The maximum Gasteiger partial charge on any atom is 0.228 e. The molecule has 86 valence electrons. The molecule has 0 bridgehead atoms. The third-order valence-electron chi connectivity index (χ3n) is 3.08. The summed E-state index contributed by atoms with van der Waals surface area (Å²) in [6.07, 6.45) is 0.941. The van der Waals surface area contributed by atoms with E-state index in [2.05, 4.69) is 16.7 Å². The van der Waals surface area contributed by atoms with Gasteiger partial charge in [0.2, 0.25) is 5.91 Å². The Labute approximate surface area is 96.2 Å². The van der Waals surface area contributed by atoms with Crippen LogP contribution >= 0.6 is 0 Å². The van der Waals surface area contributed by atoms with Crippen LogP contribution in [0.4, 0.5) is 5.69 Å². The number of nitrogens with one attached hydrogen (secondary N) is 2. The number of anilines is 1. The number of rotatable bonds is 2. The van der Waals surface area contributed by atoms with E-state index in [1.807, 2.05) is 26.0 Å². The Morgan fingerprint density at radius 2 is 2.25 bits per heavy atom. The van der Waals surface area contributed by atoms with Crippen molar-refractivity contribution in [3.8, 4) is 0 Å². The van der Waals surface area contributed by atoms with E-state index < -0.39 is 0 Å². The predicted octanol–water partition coefficient (Wildman–Crippen LogP) is 1.85. The molecule has 0 radical (unpaired) electrons. The zero-order chi connectivity index (χ0) is 11.5. The molecule has 1 atom stereocenters. The molecule has 1 amide bonds. The summed E-state index contributed by atoms with van der Waals surface area (Å²) in [5.74, 6) is 0.263. The fourth-order valence-corrected chi connectivity index (χ4v) is 1.98. The van der Waals surface area contributed by atoms with Crippen molar-refractivity contribution in [2.75, 3.05) is 18.4 Å². The monoisotopic (exact) mass is 218 g/mol. The van der Waals surface area contributed by atoms with Crippen LogP contribution in [0.2, 0.25) is 0 Å². The molecular weight excluding hydrogens is 200 g/mol. The van der Waals surface area contributed by atoms with Crippen molar-refractivity contribution >= 4 is 11.6 Å². The highest BCUT2D eigenvalue weighted by Gasteiger charge is 2.22. The van der Waals surface area contributed by atoms with Crippen molar-refractivity contribution in [1.29, 1.82) is 0 Å². The Morgan fingerprint density at radius 1 is 1.44 bits per heavy atom. The highest BCUT2D eigenvalue weighted by Crippen LogP contribution is 2.18. The van der Waals surface area contributed by atoms with Crippen molar-refractivity contribution in [3.63, 3.8) is 0 Å². The number of aryl methyl sites for hydroxylation is 2. The first kappa shape index (κ1) is 11.1. The van der Waals surface area contributed by atoms with Crippen LogP contribution in [0.25, 0.3) is 0 Å². The minimum Gasteiger partial charge on any atom is -0.326 e. The molecule has 0 spiro atoms. The normalized spacial score (nSPS) is 19.8. The van der Waals surface area contributed by atoms with Crippen molar-refractivity contribution in [2.45, 2.75) is 20.3 Å². The molecule has 1 saturated heterocycles. The SMILES string of the molecule is Cc1ccc(C)c(NC(=O)C2CCNC2)c1. The summed E-state index contributed by atoms with van der Waals surface area (Å²) in [6, 6.07) is 6.12. The molecule has 2 N–H and O–H groups in total. The van der Waals surface area contributed by atoms with E-state index in [1.54, 1.807) is 0 Å². The molecular formula is C13H18N2O. The lowest BCUT2D eigenvalue weighted by Gasteiger charge is -2.12. The summed E-state index contributed by atoms with van der Waals surface area (Å²) in [5.41, 5.74) is 3.23. The quantitative estimate of drug-likeness (QED) is 0.795. The summed E-state index contributed by atoms with van der Waals surface area (Å²) in [5, 5.41) is 6.22. The number of benzene rings is 1. The Kier molecular flexibility index (Phi) is 3.25. The lowest BCUT2D eigenvalue weighted by Crippen LogP contribution is -2.24. The molecule has 0 aromatic heterocycles. The summed E-state index contributed by atoms with van der Waals surface area (Å²) in [7, 11) is 0. The van der Waals surface area contributed by atoms with Gasteiger partial charge in [-0.1, -0.05) is 12.1 Å². The van der Waals surface area contributed by atoms with Crippen LogP contribution in [0.15, 0.2) is 18.2 Å². The predicted molar refractivity (Wildman–Crippen MR) is 65.5 cm³/mol. The van der Waals surface area contributed by atoms with Gasteiger partial charge in [-0.15, -0.1) is 0 Å². The number of hydrogen-bond acceptors (Lipinski definition) is 2. The van der Waals surface area contributed by atoms with E-state index >= 15 is 0 Å². The maximum absolute atomic E-state index is 11.9. The number of amides is 1. The van der Waals surface area contributed by atoms with Crippen LogP contribution in [-0.2, 0) is 4.79 Å². The van der Waals surface area contributed by atoms with Gasteiger partial charge in [-0.3, -0.25) is 4.79 Å². The largest absolute Gasteiger partial charge is 0.326 e. The highest BCUT2D eigenvalue weighted by molar-refractivity contribution is 5.93. The van der Waals surface area contributed by atoms with Gasteiger partial charge < -0.3 is 10.6 Å². The minimum absolute atomic E-state index is 0.125. The molecule has 1 aromatic carbocycles. The molecule has 0 saturated carbocycles.